The quantitative estimate of drug-likeness (QED) is 0.703. The van der Waals surface area contributed by atoms with E-state index in [1.54, 1.807) is 0 Å². The Hall–Kier alpha value is -1.18. The van der Waals surface area contributed by atoms with E-state index in [1.165, 1.54) is 0 Å². The number of carbonyl (C=O) groups excluding carboxylic acids is 2. The maximum absolute atomic E-state index is 12.4. The number of ether oxygens (including phenoxy) is 2. The highest BCUT2D eigenvalue weighted by molar-refractivity contribution is 5.79. The number of hydrogen-bond acceptors (Lipinski definition) is 5. The van der Waals surface area contributed by atoms with E-state index in [0.29, 0.717) is 52.4 Å². The van der Waals surface area contributed by atoms with E-state index >= 15 is 0 Å². The Kier molecular flexibility index (Phi) is 6.45. The zero-order valence-electron chi connectivity index (χ0n) is 14.5. The Labute approximate surface area is 143 Å². The second-order valence-corrected chi connectivity index (χ2v) is 6.82. The van der Waals surface area contributed by atoms with E-state index in [0.717, 1.165) is 39.0 Å². The van der Waals surface area contributed by atoms with Crippen LogP contribution < -0.4 is 0 Å². The molecule has 0 bridgehead atoms. The molecular formula is C17H29N3O4. The van der Waals surface area contributed by atoms with Gasteiger partial charge in [-0.25, -0.2) is 0 Å². The van der Waals surface area contributed by atoms with Gasteiger partial charge in [-0.3, -0.25) is 14.5 Å². The number of hydrogen-bond donors (Lipinski definition) is 0. The molecular weight excluding hydrogens is 310 g/mol. The van der Waals surface area contributed by atoms with Gasteiger partial charge in [-0.05, 0) is 19.3 Å². The van der Waals surface area contributed by atoms with Crippen molar-refractivity contribution in [2.45, 2.75) is 31.8 Å². The van der Waals surface area contributed by atoms with Gasteiger partial charge < -0.3 is 19.3 Å². The van der Waals surface area contributed by atoms with Crippen LogP contribution in [0, 0.1) is 0 Å². The Morgan fingerprint density at radius 3 is 2.17 bits per heavy atom. The topological polar surface area (TPSA) is 62.3 Å². The number of carbonyl (C=O) groups is 2. The van der Waals surface area contributed by atoms with Crippen LogP contribution in [0.2, 0.25) is 0 Å². The van der Waals surface area contributed by atoms with E-state index < -0.39 is 0 Å². The molecule has 3 saturated heterocycles. The van der Waals surface area contributed by atoms with Crippen molar-refractivity contribution in [2.75, 3.05) is 65.6 Å². The molecule has 0 aromatic rings. The molecule has 0 aromatic heterocycles. The molecule has 0 radical (unpaired) electrons. The molecule has 3 fully saturated rings. The van der Waals surface area contributed by atoms with Crippen LogP contribution in [0.3, 0.4) is 0 Å². The van der Waals surface area contributed by atoms with Gasteiger partial charge >= 0.3 is 0 Å². The van der Waals surface area contributed by atoms with Crippen LogP contribution in [-0.2, 0) is 19.1 Å². The molecule has 0 spiro atoms. The first-order valence-corrected chi connectivity index (χ1v) is 9.19. The number of nitrogens with zero attached hydrogens (tertiary/aromatic N) is 3. The van der Waals surface area contributed by atoms with Gasteiger partial charge in [-0.1, -0.05) is 0 Å². The van der Waals surface area contributed by atoms with Crippen molar-refractivity contribution in [1.29, 1.82) is 0 Å². The van der Waals surface area contributed by atoms with Gasteiger partial charge in [-0.15, -0.1) is 0 Å². The molecule has 24 heavy (non-hydrogen) atoms. The highest BCUT2D eigenvalue weighted by Gasteiger charge is 2.26. The zero-order valence-corrected chi connectivity index (χ0v) is 14.5. The molecule has 2 amide bonds. The lowest BCUT2D eigenvalue weighted by Crippen LogP contribution is -2.53. The van der Waals surface area contributed by atoms with Gasteiger partial charge in [0.2, 0.25) is 11.8 Å². The summed E-state index contributed by atoms with van der Waals surface area (Å²) in [6.07, 6.45) is 3.85. The summed E-state index contributed by atoms with van der Waals surface area (Å²) in [6, 6.07) is 0. The highest BCUT2D eigenvalue weighted by Crippen LogP contribution is 2.17. The molecule has 1 unspecified atom stereocenters. The summed E-state index contributed by atoms with van der Waals surface area (Å²) in [5, 5.41) is 0. The molecule has 3 aliphatic heterocycles. The van der Waals surface area contributed by atoms with Crippen molar-refractivity contribution in [3.8, 4) is 0 Å². The fraction of sp³-hybridized carbons (Fsp3) is 0.882. The van der Waals surface area contributed by atoms with Gasteiger partial charge in [0.25, 0.3) is 0 Å². The van der Waals surface area contributed by atoms with Gasteiger partial charge in [0.05, 0.1) is 25.9 Å². The van der Waals surface area contributed by atoms with Crippen molar-refractivity contribution in [3.05, 3.63) is 0 Å². The van der Waals surface area contributed by atoms with E-state index in [4.69, 9.17) is 9.47 Å². The van der Waals surface area contributed by atoms with Crippen molar-refractivity contribution in [3.63, 3.8) is 0 Å². The van der Waals surface area contributed by atoms with Crippen molar-refractivity contribution in [1.82, 2.24) is 14.7 Å². The minimum Gasteiger partial charge on any atom is -0.379 e. The third-order valence-electron chi connectivity index (χ3n) is 5.15. The maximum atomic E-state index is 12.4. The summed E-state index contributed by atoms with van der Waals surface area (Å²) in [4.78, 5) is 30.6. The Bertz CT molecular complexity index is 426. The standard InChI is InChI=1S/C17H29N3O4/c21-16(4-3-15-2-1-11-24-15)19-5-7-20(8-6-19)17(22)14-18-9-12-23-13-10-18/h15H,1-14H2. The second kappa shape index (κ2) is 8.78. The first-order chi connectivity index (χ1) is 11.7. The molecule has 0 N–H and O–H groups in total. The van der Waals surface area contributed by atoms with E-state index in [9.17, 15) is 9.59 Å². The molecule has 7 nitrogen and oxygen atoms in total. The average molecular weight is 339 g/mol. The fourth-order valence-electron chi connectivity index (χ4n) is 3.57. The minimum absolute atomic E-state index is 0.170. The van der Waals surface area contributed by atoms with E-state index in [1.807, 2.05) is 9.80 Å². The van der Waals surface area contributed by atoms with Gasteiger partial charge in [0, 0.05) is 52.3 Å². The molecule has 0 saturated carbocycles. The molecule has 0 aromatic carbocycles. The number of amides is 2. The van der Waals surface area contributed by atoms with Crippen LogP contribution in [0.15, 0.2) is 0 Å². The molecule has 0 aliphatic carbocycles. The fourth-order valence-corrected chi connectivity index (χ4v) is 3.57. The average Bonchev–Trinajstić information content (AvgIpc) is 3.14. The number of piperazine rings is 1. The lowest BCUT2D eigenvalue weighted by atomic mass is 10.1. The van der Waals surface area contributed by atoms with E-state index in [-0.39, 0.29) is 17.9 Å². The third kappa shape index (κ3) is 4.91. The molecule has 3 heterocycles. The third-order valence-corrected chi connectivity index (χ3v) is 5.15. The second-order valence-electron chi connectivity index (χ2n) is 6.82. The molecule has 7 heteroatoms. The van der Waals surface area contributed by atoms with E-state index in [2.05, 4.69) is 4.90 Å². The van der Waals surface area contributed by atoms with Crippen LogP contribution >= 0.6 is 0 Å². The Balaban J connectivity index is 1.35. The molecule has 3 rings (SSSR count). The number of rotatable bonds is 5. The number of morpholine rings is 1. The smallest absolute Gasteiger partial charge is 0.236 e. The molecule has 136 valence electrons. The first kappa shape index (κ1) is 17.6. The molecule has 3 aliphatic rings. The predicted octanol–water partition coefficient (Wildman–Crippen LogP) is -0.0514. The van der Waals surface area contributed by atoms with Crippen molar-refractivity contribution < 1.29 is 19.1 Å². The molecule has 1 atom stereocenters. The summed E-state index contributed by atoms with van der Waals surface area (Å²) < 4.78 is 10.9. The lowest BCUT2D eigenvalue weighted by molar-refractivity contribution is -0.141. The summed E-state index contributed by atoms with van der Waals surface area (Å²) in [6.45, 7) is 6.97. The van der Waals surface area contributed by atoms with Crippen LogP contribution in [0.1, 0.15) is 25.7 Å². The summed E-state index contributed by atoms with van der Waals surface area (Å²) in [5.74, 6) is 0.370. The lowest BCUT2D eigenvalue weighted by Gasteiger charge is -2.36. The highest BCUT2D eigenvalue weighted by atomic mass is 16.5. The van der Waals surface area contributed by atoms with Crippen LogP contribution in [-0.4, -0.2) is 98.3 Å². The summed E-state index contributed by atoms with van der Waals surface area (Å²) >= 11 is 0. The maximum Gasteiger partial charge on any atom is 0.236 e. The summed E-state index contributed by atoms with van der Waals surface area (Å²) in [7, 11) is 0. The predicted molar refractivity (Wildman–Crippen MR) is 88.6 cm³/mol. The largest absolute Gasteiger partial charge is 0.379 e. The van der Waals surface area contributed by atoms with Crippen molar-refractivity contribution >= 4 is 11.8 Å². The van der Waals surface area contributed by atoms with Gasteiger partial charge in [-0.2, -0.15) is 0 Å². The van der Waals surface area contributed by atoms with Crippen LogP contribution in [0.4, 0.5) is 0 Å². The Morgan fingerprint density at radius 2 is 1.54 bits per heavy atom. The van der Waals surface area contributed by atoms with Gasteiger partial charge in [0.1, 0.15) is 0 Å². The zero-order chi connectivity index (χ0) is 16.8. The normalized spacial score (nSPS) is 25.9. The minimum atomic E-state index is 0.170. The van der Waals surface area contributed by atoms with Crippen molar-refractivity contribution in [2.24, 2.45) is 0 Å². The first-order valence-electron chi connectivity index (χ1n) is 9.19. The SMILES string of the molecule is O=C(CCC1CCCO1)N1CCN(C(=O)CN2CCOCC2)CC1. The Morgan fingerprint density at radius 1 is 0.875 bits per heavy atom. The van der Waals surface area contributed by atoms with Crippen LogP contribution in [0.5, 0.6) is 0 Å². The van der Waals surface area contributed by atoms with Crippen LogP contribution in [0.25, 0.3) is 0 Å². The monoisotopic (exact) mass is 339 g/mol. The van der Waals surface area contributed by atoms with Gasteiger partial charge in [0.15, 0.2) is 0 Å². The summed E-state index contributed by atoms with van der Waals surface area (Å²) in [5.41, 5.74) is 0.